The summed E-state index contributed by atoms with van der Waals surface area (Å²) in [6.45, 7) is 0. The minimum Gasteiger partial charge on any atom is -0.456 e. The number of rotatable bonds is 2. The summed E-state index contributed by atoms with van der Waals surface area (Å²) in [5.74, 6) is -0.0860. The summed E-state index contributed by atoms with van der Waals surface area (Å²) in [4.78, 5) is 12.8. The molecule has 0 saturated heterocycles. The molecule has 4 aromatic rings. The molecular weight excluding hydrogens is 282 g/mol. The van der Waals surface area contributed by atoms with Crippen LogP contribution in [0, 0.1) is 0 Å². The van der Waals surface area contributed by atoms with Crippen molar-refractivity contribution in [3.05, 3.63) is 64.9 Å². The molecule has 4 heteroatoms. The minimum atomic E-state index is -0.0860. The highest BCUT2D eigenvalue weighted by molar-refractivity contribution is 7.12. The van der Waals surface area contributed by atoms with E-state index in [1.54, 1.807) is 0 Å². The van der Waals surface area contributed by atoms with E-state index in [1.807, 2.05) is 60.0 Å². The first-order valence-corrected chi connectivity index (χ1v) is 7.45. The van der Waals surface area contributed by atoms with Crippen LogP contribution in [0.5, 0.6) is 0 Å². The zero-order valence-electron chi connectivity index (χ0n) is 11.0. The van der Waals surface area contributed by atoms with Crippen molar-refractivity contribution in [3.63, 3.8) is 0 Å². The summed E-state index contributed by atoms with van der Waals surface area (Å²) < 4.78 is 5.77. The lowest BCUT2D eigenvalue weighted by Gasteiger charge is -2.03. The van der Waals surface area contributed by atoms with Gasteiger partial charge in [0.25, 0.3) is 5.91 Å². The smallest absolute Gasteiger partial charge is 0.265 e. The number of hydrogen-bond acceptors (Lipinski definition) is 3. The monoisotopic (exact) mass is 293 g/mol. The second-order valence-electron chi connectivity index (χ2n) is 4.74. The van der Waals surface area contributed by atoms with Crippen LogP contribution in [0.2, 0.25) is 0 Å². The van der Waals surface area contributed by atoms with Crippen LogP contribution in [-0.2, 0) is 0 Å². The zero-order chi connectivity index (χ0) is 14.2. The summed E-state index contributed by atoms with van der Waals surface area (Å²) in [6.07, 6.45) is 0. The predicted molar refractivity (Wildman–Crippen MR) is 86.0 cm³/mol. The first-order valence-electron chi connectivity index (χ1n) is 6.57. The lowest BCUT2D eigenvalue weighted by Crippen LogP contribution is -2.09. The SMILES string of the molecule is O=C(Nc1ccc2oc3ccccc3c2c1)c1cccs1. The molecule has 0 aliphatic carbocycles. The number of fused-ring (bicyclic) bond motifs is 3. The number of hydrogen-bond donors (Lipinski definition) is 1. The lowest BCUT2D eigenvalue weighted by molar-refractivity contribution is 0.103. The largest absolute Gasteiger partial charge is 0.456 e. The summed E-state index contributed by atoms with van der Waals surface area (Å²) in [7, 11) is 0. The molecule has 0 unspecified atom stereocenters. The van der Waals surface area contributed by atoms with Gasteiger partial charge in [-0.2, -0.15) is 0 Å². The Labute approximate surface area is 124 Å². The van der Waals surface area contributed by atoms with Gasteiger partial charge in [0.1, 0.15) is 11.2 Å². The predicted octanol–water partition coefficient (Wildman–Crippen LogP) is 4.90. The Bertz CT molecular complexity index is 938. The maximum absolute atomic E-state index is 12.1. The molecule has 0 spiro atoms. The van der Waals surface area contributed by atoms with Crippen molar-refractivity contribution in [3.8, 4) is 0 Å². The lowest BCUT2D eigenvalue weighted by atomic mass is 10.1. The van der Waals surface area contributed by atoms with E-state index in [0.29, 0.717) is 4.88 Å². The number of benzene rings is 2. The Kier molecular flexibility index (Phi) is 2.75. The third-order valence-corrected chi connectivity index (χ3v) is 4.25. The Morgan fingerprint density at radius 1 is 0.952 bits per heavy atom. The Hall–Kier alpha value is -2.59. The summed E-state index contributed by atoms with van der Waals surface area (Å²) in [6, 6.07) is 17.3. The number of para-hydroxylation sites is 1. The molecule has 4 rings (SSSR count). The second-order valence-corrected chi connectivity index (χ2v) is 5.69. The van der Waals surface area contributed by atoms with Gasteiger partial charge in [0, 0.05) is 16.5 Å². The third-order valence-electron chi connectivity index (χ3n) is 3.38. The molecule has 2 aromatic carbocycles. The maximum atomic E-state index is 12.1. The first kappa shape index (κ1) is 12.2. The van der Waals surface area contributed by atoms with Gasteiger partial charge in [0.15, 0.2) is 0 Å². The molecule has 0 fully saturated rings. The molecule has 102 valence electrons. The van der Waals surface area contributed by atoms with Crippen LogP contribution in [0.3, 0.4) is 0 Å². The fourth-order valence-corrected chi connectivity index (χ4v) is 3.02. The van der Waals surface area contributed by atoms with Crippen molar-refractivity contribution in [2.24, 2.45) is 0 Å². The van der Waals surface area contributed by atoms with E-state index in [-0.39, 0.29) is 5.91 Å². The quantitative estimate of drug-likeness (QED) is 0.571. The van der Waals surface area contributed by atoms with Crippen molar-refractivity contribution < 1.29 is 9.21 Å². The molecule has 1 N–H and O–H groups in total. The highest BCUT2D eigenvalue weighted by Crippen LogP contribution is 2.30. The van der Waals surface area contributed by atoms with Gasteiger partial charge in [-0.25, -0.2) is 0 Å². The fourth-order valence-electron chi connectivity index (χ4n) is 2.40. The number of nitrogens with one attached hydrogen (secondary N) is 1. The molecule has 2 heterocycles. The highest BCUT2D eigenvalue weighted by Gasteiger charge is 2.10. The van der Waals surface area contributed by atoms with Gasteiger partial charge in [-0.15, -0.1) is 11.3 Å². The Morgan fingerprint density at radius 3 is 2.67 bits per heavy atom. The maximum Gasteiger partial charge on any atom is 0.265 e. The number of furan rings is 1. The summed E-state index contributed by atoms with van der Waals surface area (Å²) >= 11 is 1.43. The van der Waals surface area contributed by atoms with Crippen LogP contribution in [0.1, 0.15) is 9.67 Å². The third kappa shape index (κ3) is 2.10. The van der Waals surface area contributed by atoms with Crippen LogP contribution in [0.25, 0.3) is 21.9 Å². The average Bonchev–Trinajstić information content (AvgIpc) is 3.14. The van der Waals surface area contributed by atoms with Gasteiger partial charge in [0.05, 0.1) is 4.88 Å². The fraction of sp³-hybridized carbons (Fsp3) is 0. The molecule has 0 bridgehead atoms. The number of carbonyl (C=O) groups excluding carboxylic acids is 1. The molecule has 21 heavy (non-hydrogen) atoms. The molecule has 0 aliphatic rings. The van der Waals surface area contributed by atoms with E-state index in [1.165, 1.54) is 11.3 Å². The van der Waals surface area contributed by atoms with Crippen LogP contribution in [0.4, 0.5) is 5.69 Å². The van der Waals surface area contributed by atoms with Crippen LogP contribution in [-0.4, -0.2) is 5.91 Å². The van der Waals surface area contributed by atoms with Gasteiger partial charge >= 0.3 is 0 Å². The van der Waals surface area contributed by atoms with E-state index in [0.717, 1.165) is 27.6 Å². The van der Waals surface area contributed by atoms with Crippen molar-refractivity contribution in [2.45, 2.75) is 0 Å². The topological polar surface area (TPSA) is 42.2 Å². The van der Waals surface area contributed by atoms with Gasteiger partial charge in [-0.05, 0) is 35.7 Å². The summed E-state index contributed by atoms with van der Waals surface area (Å²) in [5, 5.41) is 6.88. The summed E-state index contributed by atoms with van der Waals surface area (Å²) in [5.41, 5.74) is 2.45. The van der Waals surface area contributed by atoms with Crippen molar-refractivity contribution in [1.29, 1.82) is 0 Å². The number of anilines is 1. The van der Waals surface area contributed by atoms with E-state index in [4.69, 9.17) is 4.42 Å². The highest BCUT2D eigenvalue weighted by atomic mass is 32.1. The van der Waals surface area contributed by atoms with E-state index >= 15 is 0 Å². The second kappa shape index (κ2) is 4.75. The average molecular weight is 293 g/mol. The molecule has 0 atom stereocenters. The standard InChI is InChI=1S/C17H11NO2S/c19-17(16-6-3-9-21-16)18-11-7-8-15-13(10-11)12-4-1-2-5-14(12)20-15/h1-10H,(H,18,19). The van der Waals surface area contributed by atoms with Crippen LogP contribution in [0.15, 0.2) is 64.4 Å². The van der Waals surface area contributed by atoms with Crippen molar-refractivity contribution in [1.82, 2.24) is 0 Å². The number of amides is 1. The van der Waals surface area contributed by atoms with Crippen LogP contribution >= 0.6 is 11.3 Å². The Balaban J connectivity index is 1.76. The van der Waals surface area contributed by atoms with Gasteiger partial charge in [-0.3, -0.25) is 4.79 Å². The first-order chi connectivity index (χ1) is 10.3. The van der Waals surface area contributed by atoms with Crippen LogP contribution < -0.4 is 5.32 Å². The molecular formula is C17H11NO2S. The van der Waals surface area contributed by atoms with E-state index in [9.17, 15) is 4.79 Å². The number of thiophene rings is 1. The minimum absolute atomic E-state index is 0.0860. The molecule has 0 radical (unpaired) electrons. The normalized spacial score (nSPS) is 11.0. The van der Waals surface area contributed by atoms with Gasteiger partial charge in [0.2, 0.25) is 0 Å². The molecule has 3 nitrogen and oxygen atoms in total. The van der Waals surface area contributed by atoms with Crippen molar-refractivity contribution >= 4 is 44.9 Å². The molecule has 1 amide bonds. The Morgan fingerprint density at radius 2 is 1.81 bits per heavy atom. The van der Waals surface area contributed by atoms with E-state index < -0.39 is 0 Å². The number of carbonyl (C=O) groups is 1. The molecule has 2 aromatic heterocycles. The molecule has 0 saturated carbocycles. The molecule has 0 aliphatic heterocycles. The van der Waals surface area contributed by atoms with Crippen molar-refractivity contribution in [2.75, 3.05) is 5.32 Å². The van der Waals surface area contributed by atoms with Gasteiger partial charge < -0.3 is 9.73 Å². The van der Waals surface area contributed by atoms with Gasteiger partial charge in [-0.1, -0.05) is 24.3 Å². The van der Waals surface area contributed by atoms with E-state index in [2.05, 4.69) is 5.32 Å². The zero-order valence-corrected chi connectivity index (χ0v) is 11.8.